The normalized spacial score (nSPS) is 10.4. The number of nitrogens with zero attached hydrogens (tertiary/aromatic N) is 1. The van der Waals surface area contributed by atoms with Crippen LogP contribution in [0.25, 0.3) is 6.08 Å². The van der Waals surface area contributed by atoms with E-state index in [9.17, 15) is 4.79 Å². The lowest BCUT2D eigenvalue weighted by atomic mass is 10.2. The molecule has 0 aliphatic carbocycles. The molecule has 0 aliphatic rings. The average Bonchev–Trinajstić information content (AvgIpc) is 2.01. The van der Waals surface area contributed by atoms with Crippen LogP contribution in [-0.4, -0.2) is 16.1 Å². The summed E-state index contributed by atoms with van der Waals surface area (Å²) in [5.74, 6) is -0.958. The Labute approximate surface area is 70.4 Å². The van der Waals surface area contributed by atoms with Crippen LogP contribution >= 0.6 is 0 Å². The molecule has 1 aromatic rings. The third-order valence-electron chi connectivity index (χ3n) is 1.26. The quantitative estimate of drug-likeness (QED) is 0.666. The third kappa shape index (κ3) is 2.54. The largest absolute Gasteiger partial charge is 0.478 e. The predicted octanol–water partition coefficient (Wildman–Crippen LogP) is 1.29. The molecule has 0 saturated carbocycles. The maximum Gasteiger partial charge on any atom is 0.328 e. The SMILES string of the molecule is Cc1[c]ncc(/C=C/C(=O)O)c1. The minimum atomic E-state index is -0.958. The molecule has 1 aromatic heterocycles. The number of rotatable bonds is 2. The summed E-state index contributed by atoms with van der Waals surface area (Å²) in [7, 11) is 0. The van der Waals surface area contributed by atoms with Crippen molar-refractivity contribution in [2.24, 2.45) is 0 Å². The van der Waals surface area contributed by atoms with Gasteiger partial charge in [0.05, 0.1) is 6.20 Å². The monoisotopic (exact) mass is 162 g/mol. The molecule has 0 fully saturated rings. The van der Waals surface area contributed by atoms with E-state index in [1.807, 2.05) is 13.0 Å². The molecule has 1 rings (SSSR count). The molecule has 3 nitrogen and oxygen atoms in total. The second-order valence-corrected chi connectivity index (χ2v) is 2.37. The molecule has 1 N–H and O–H groups in total. The highest BCUT2D eigenvalue weighted by molar-refractivity contribution is 5.85. The Morgan fingerprint density at radius 3 is 3.08 bits per heavy atom. The van der Waals surface area contributed by atoms with Gasteiger partial charge in [0.1, 0.15) is 0 Å². The summed E-state index contributed by atoms with van der Waals surface area (Å²) in [4.78, 5) is 13.9. The molecule has 1 heterocycles. The van der Waals surface area contributed by atoms with Gasteiger partial charge in [-0.1, -0.05) is 0 Å². The molecule has 0 spiro atoms. The van der Waals surface area contributed by atoms with Gasteiger partial charge < -0.3 is 5.11 Å². The lowest BCUT2D eigenvalue weighted by Crippen LogP contribution is -1.86. The van der Waals surface area contributed by atoms with Crippen LogP contribution in [-0.2, 0) is 4.79 Å². The van der Waals surface area contributed by atoms with E-state index in [0.717, 1.165) is 17.2 Å². The molecule has 0 bridgehead atoms. The van der Waals surface area contributed by atoms with E-state index in [1.165, 1.54) is 6.08 Å². The molecular formula is C9H8NO2. The van der Waals surface area contributed by atoms with E-state index in [1.54, 1.807) is 6.20 Å². The maximum atomic E-state index is 10.1. The van der Waals surface area contributed by atoms with Gasteiger partial charge in [-0.15, -0.1) is 0 Å². The Balaban J connectivity index is 2.83. The van der Waals surface area contributed by atoms with Crippen LogP contribution < -0.4 is 0 Å². The van der Waals surface area contributed by atoms with Crippen molar-refractivity contribution >= 4 is 12.0 Å². The summed E-state index contributed by atoms with van der Waals surface area (Å²) >= 11 is 0. The number of hydrogen-bond donors (Lipinski definition) is 1. The summed E-state index contributed by atoms with van der Waals surface area (Å²) < 4.78 is 0. The number of pyridine rings is 1. The molecule has 0 saturated heterocycles. The summed E-state index contributed by atoms with van der Waals surface area (Å²) in [6.45, 7) is 1.85. The van der Waals surface area contributed by atoms with Crippen LogP contribution in [0.5, 0.6) is 0 Å². The number of hydrogen-bond acceptors (Lipinski definition) is 2. The second kappa shape index (κ2) is 3.67. The number of carboxylic acid groups (broad SMARTS) is 1. The van der Waals surface area contributed by atoms with Gasteiger partial charge in [0.15, 0.2) is 0 Å². The Morgan fingerprint density at radius 2 is 2.50 bits per heavy atom. The number of aliphatic carboxylic acids is 1. The first-order chi connectivity index (χ1) is 5.68. The van der Waals surface area contributed by atoms with Crippen molar-refractivity contribution in [1.29, 1.82) is 0 Å². The molecule has 3 heteroatoms. The molecule has 0 aromatic carbocycles. The van der Waals surface area contributed by atoms with Crippen LogP contribution in [0.15, 0.2) is 18.3 Å². The highest BCUT2D eigenvalue weighted by Gasteiger charge is 1.90. The van der Waals surface area contributed by atoms with Gasteiger partial charge in [-0.05, 0) is 30.2 Å². The van der Waals surface area contributed by atoms with Crippen molar-refractivity contribution in [2.45, 2.75) is 6.92 Å². The Morgan fingerprint density at radius 1 is 1.75 bits per heavy atom. The van der Waals surface area contributed by atoms with Crippen LogP contribution in [0, 0.1) is 13.1 Å². The van der Waals surface area contributed by atoms with Crippen LogP contribution in [0.1, 0.15) is 11.1 Å². The Kier molecular flexibility index (Phi) is 2.58. The predicted molar refractivity (Wildman–Crippen MR) is 44.5 cm³/mol. The number of aromatic nitrogens is 1. The fourth-order valence-electron chi connectivity index (χ4n) is 0.787. The van der Waals surface area contributed by atoms with E-state index in [4.69, 9.17) is 5.11 Å². The van der Waals surface area contributed by atoms with Gasteiger partial charge in [-0.25, -0.2) is 4.79 Å². The van der Waals surface area contributed by atoms with Gasteiger partial charge in [0.2, 0.25) is 0 Å². The van der Waals surface area contributed by atoms with Crippen molar-refractivity contribution in [1.82, 2.24) is 4.98 Å². The number of carbonyl (C=O) groups is 1. The van der Waals surface area contributed by atoms with Crippen LogP contribution in [0.3, 0.4) is 0 Å². The molecular weight excluding hydrogens is 154 g/mol. The van der Waals surface area contributed by atoms with Crippen molar-refractivity contribution in [3.8, 4) is 0 Å². The zero-order chi connectivity index (χ0) is 8.97. The molecule has 1 radical (unpaired) electrons. The zero-order valence-corrected chi connectivity index (χ0v) is 6.61. The van der Waals surface area contributed by atoms with Crippen molar-refractivity contribution < 1.29 is 9.90 Å². The first-order valence-electron chi connectivity index (χ1n) is 3.44. The molecule has 61 valence electrons. The third-order valence-corrected chi connectivity index (χ3v) is 1.26. The van der Waals surface area contributed by atoms with E-state index in [-0.39, 0.29) is 0 Å². The van der Waals surface area contributed by atoms with E-state index < -0.39 is 5.97 Å². The molecule has 12 heavy (non-hydrogen) atoms. The first kappa shape index (κ1) is 8.46. The van der Waals surface area contributed by atoms with Crippen molar-refractivity contribution in [2.75, 3.05) is 0 Å². The number of carboxylic acids is 1. The van der Waals surface area contributed by atoms with Crippen LogP contribution in [0.4, 0.5) is 0 Å². The minimum Gasteiger partial charge on any atom is -0.478 e. The molecule has 0 aliphatic heterocycles. The van der Waals surface area contributed by atoms with E-state index in [2.05, 4.69) is 11.2 Å². The summed E-state index contributed by atoms with van der Waals surface area (Å²) in [6.07, 6.45) is 6.87. The van der Waals surface area contributed by atoms with Gasteiger partial charge in [0, 0.05) is 12.3 Å². The summed E-state index contributed by atoms with van der Waals surface area (Å²) in [6, 6.07) is 1.81. The van der Waals surface area contributed by atoms with Gasteiger partial charge in [-0.3, -0.25) is 4.98 Å². The minimum absolute atomic E-state index is 0.772. The van der Waals surface area contributed by atoms with E-state index in [0.29, 0.717) is 0 Å². The summed E-state index contributed by atoms with van der Waals surface area (Å²) in [5.41, 5.74) is 1.66. The molecule has 0 atom stereocenters. The van der Waals surface area contributed by atoms with Crippen molar-refractivity contribution in [3.63, 3.8) is 0 Å². The van der Waals surface area contributed by atoms with Gasteiger partial charge >= 0.3 is 5.97 Å². The zero-order valence-electron chi connectivity index (χ0n) is 6.61. The molecule has 0 unspecified atom stereocenters. The topological polar surface area (TPSA) is 50.2 Å². The van der Waals surface area contributed by atoms with Gasteiger partial charge in [0.25, 0.3) is 0 Å². The fraction of sp³-hybridized carbons (Fsp3) is 0.111. The van der Waals surface area contributed by atoms with E-state index >= 15 is 0 Å². The Bertz CT molecular complexity index is 318. The maximum absolute atomic E-state index is 10.1. The Hall–Kier alpha value is -1.64. The number of aryl methyl sites for hydroxylation is 1. The second-order valence-electron chi connectivity index (χ2n) is 2.37. The average molecular weight is 162 g/mol. The summed E-state index contributed by atoms with van der Waals surface area (Å²) in [5, 5.41) is 8.33. The van der Waals surface area contributed by atoms with Crippen LogP contribution in [0.2, 0.25) is 0 Å². The van der Waals surface area contributed by atoms with Gasteiger partial charge in [-0.2, -0.15) is 0 Å². The lowest BCUT2D eigenvalue weighted by molar-refractivity contribution is -0.131. The fourth-order valence-corrected chi connectivity index (χ4v) is 0.787. The smallest absolute Gasteiger partial charge is 0.328 e. The lowest BCUT2D eigenvalue weighted by Gasteiger charge is -1.92. The highest BCUT2D eigenvalue weighted by atomic mass is 16.4. The standard InChI is InChI=1S/C9H8NO2/c1-7-4-8(6-10-5-7)2-3-9(11)12/h2-4,6H,1H3,(H,11,12)/b3-2+. The first-order valence-corrected chi connectivity index (χ1v) is 3.44. The molecule has 0 amide bonds. The van der Waals surface area contributed by atoms with Crippen molar-refractivity contribution in [3.05, 3.63) is 35.7 Å². The highest BCUT2D eigenvalue weighted by Crippen LogP contribution is 2.02.